The molecule has 14 heteroatoms. The number of alkyl carbamates (subject to hydrolysis) is 1. The number of aliphatic imine (C=N–C) groups is 1. The molecular weight excluding hydrogens is 638 g/mol. The zero-order chi connectivity index (χ0) is 35.6. The molecule has 2 aromatic rings. The molecule has 0 spiro atoms. The van der Waals surface area contributed by atoms with Crippen LogP contribution >= 0.6 is 11.6 Å². The van der Waals surface area contributed by atoms with Crippen LogP contribution in [0.1, 0.15) is 57.6 Å². The molecule has 0 unspecified atom stereocenters. The van der Waals surface area contributed by atoms with Gasteiger partial charge in [0.2, 0.25) is 17.7 Å². The van der Waals surface area contributed by atoms with Crippen LogP contribution in [0.2, 0.25) is 5.02 Å². The number of rotatable bonds is 19. The predicted molar refractivity (Wildman–Crippen MR) is 186 cm³/mol. The molecule has 0 saturated carbocycles. The lowest BCUT2D eigenvalue weighted by Gasteiger charge is -2.31. The van der Waals surface area contributed by atoms with E-state index in [1.807, 2.05) is 44.2 Å². The number of hydrogen-bond donors (Lipinski definition) is 6. The van der Waals surface area contributed by atoms with E-state index in [1.165, 1.54) is 11.9 Å². The third-order valence-electron chi connectivity index (χ3n) is 7.62. The highest BCUT2D eigenvalue weighted by Gasteiger charge is 2.32. The summed E-state index contributed by atoms with van der Waals surface area (Å²) in [5, 5.41) is 19.8. The molecule has 4 atom stereocenters. The number of aliphatic hydroxyl groups excluding tert-OH is 1. The maximum atomic E-state index is 13.6. The van der Waals surface area contributed by atoms with E-state index in [0.29, 0.717) is 30.8 Å². The Hall–Kier alpha value is -4.36. The van der Waals surface area contributed by atoms with Crippen LogP contribution in [-0.2, 0) is 32.1 Å². The highest BCUT2D eigenvalue weighted by molar-refractivity contribution is 6.30. The molecule has 2 aromatic carbocycles. The minimum atomic E-state index is -1.16. The normalized spacial score (nSPS) is 13.4. The van der Waals surface area contributed by atoms with Gasteiger partial charge in [-0.1, -0.05) is 67.9 Å². The highest BCUT2D eigenvalue weighted by Crippen LogP contribution is 2.14. The fourth-order valence-corrected chi connectivity index (χ4v) is 4.93. The Morgan fingerprint density at radius 2 is 1.65 bits per heavy atom. The maximum Gasteiger partial charge on any atom is 0.408 e. The number of carbonyl (C=O) groups excluding carboxylic acids is 4. The molecule has 4 amide bonds. The van der Waals surface area contributed by atoms with Gasteiger partial charge < -0.3 is 42.2 Å². The Morgan fingerprint density at radius 3 is 2.27 bits per heavy atom. The first kappa shape index (κ1) is 39.8. The molecule has 0 aliphatic rings. The van der Waals surface area contributed by atoms with E-state index in [0.717, 1.165) is 11.1 Å². The van der Waals surface area contributed by atoms with E-state index >= 15 is 0 Å². The van der Waals surface area contributed by atoms with Crippen molar-refractivity contribution in [2.45, 2.75) is 83.7 Å². The molecule has 0 aliphatic carbocycles. The van der Waals surface area contributed by atoms with Crippen molar-refractivity contribution in [1.29, 1.82) is 0 Å². The van der Waals surface area contributed by atoms with Crippen molar-refractivity contribution >= 4 is 41.4 Å². The largest absolute Gasteiger partial charge is 0.445 e. The van der Waals surface area contributed by atoms with Crippen LogP contribution in [0.5, 0.6) is 0 Å². The highest BCUT2D eigenvalue weighted by atomic mass is 35.5. The van der Waals surface area contributed by atoms with Crippen LogP contribution in [0.15, 0.2) is 59.6 Å². The number of amides is 4. The quantitative estimate of drug-likeness (QED) is 0.0734. The SMILES string of the molecule is CC(C)C[C@@H](NC(=O)[C@H](C)N(C)C(=O)[C@H](CCCN=C(N)N)NC(=O)OCc1ccccc1)[C@H](O)CC(=O)NCCc1ccc(Cl)cc1. The van der Waals surface area contributed by atoms with E-state index in [1.54, 1.807) is 31.2 Å². The van der Waals surface area contributed by atoms with Gasteiger partial charge in [-0.15, -0.1) is 0 Å². The number of halogens is 1. The molecule has 0 fully saturated rings. The molecule has 48 heavy (non-hydrogen) atoms. The summed E-state index contributed by atoms with van der Waals surface area (Å²) in [7, 11) is 1.45. The van der Waals surface area contributed by atoms with Crippen LogP contribution in [0.4, 0.5) is 4.79 Å². The molecule has 2 rings (SSSR count). The Morgan fingerprint density at radius 1 is 0.979 bits per heavy atom. The number of ether oxygens (including phenoxy) is 1. The number of nitrogens with two attached hydrogens (primary N) is 2. The van der Waals surface area contributed by atoms with Crippen LogP contribution in [0, 0.1) is 5.92 Å². The lowest BCUT2D eigenvalue weighted by Crippen LogP contribution is -2.56. The number of carbonyl (C=O) groups is 4. The summed E-state index contributed by atoms with van der Waals surface area (Å²) >= 11 is 5.92. The first-order chi connectivity index (χ1) is 22.8. The summed E-state index contributed by atoms with van der Waals surface area (Å²) in [6, 6.07) is 13.6. The predicted octanol–water partition coefficient (Wildman–Crippen LogP) is 2.48. The summed E-state index contributed by atoms with van der Waals surface area (Å²) in [5.41, 5.74) is 12.6. The summed E-state index contributed by atoms with van der Waals surface area (Å²) in [5.74, 6) is -1.41. The summed E-state index contributed by atoms with van der Waals surface area (Å²) in [4.78, 5) is 57.4. The van der Waals surface area contributed by atoms with Gasteiger partial charge in [0.05, 0.1) is 18.6 Å². The van der Waals surface area contributed by atoms with E-state index in [2.05, 4.69) is 20.9 Å². The molecule has 0 saturated heterocycles. The second-order valence-corrected chi connectivity index (χ2v) is 12.5. The van der Waals surface area contributed by atoms with Crippen LogP contribution < -0.4 is 27.4 Å². The minimum absolute atomic E-state index is 0.0101. The second-order valence-electron chi connectivity index (χ2n) is 12.1. The standard InChI is InChI=1S/C34H50ClN7O6/c1-22(2)19-28(29(43)20-30(44)38-18-16-24-12-14-26(35)15-13-24)40-31(45)23(3)42(4)32(46)27(11-8-17-39-33(36)37)41-34(47)48-21-25-9-6-5-7-10-25/h5-7,9-10,12-15,22-23,27-29,43H,8,11,16-21H2,1-4H3,(H,38,44)(H,40,45)(H,41,47)(H4,36,37,39)/t23-,27-,28+,29+/m0/s1. The maximum absolute atomic E-state index is 13.6. The monoisotopic (exact) mass is 687 g/mol. The van der Waals surface area contributed by atoms with E-state index in [4.69, 9.17) is 27.8 Å². The molecule has 264 valence electrons. The minimum Gasteiger partial charge on any atom is -0.445 e. The molecule has 0 radical (unpaired) electrons. The first-order valence-corrected chi connectivity index (χ1v) is 16.4. The first-order valence-electron chi connectivity index (χ1n) is 16.1. The molecular formula is C34H50ClN7O6. The van der Waals surface area contributed by atoms with Crippen molar-refractivity contribution in [3.63, 3.8) is 0 Å². The average molecular weight is 688 g/mol. The van der Waals surface area contributed by atoms with Gasteiger partial charge in [-0.05, 0) is 61.8 Å². The number of likely N-dealkylation sites (N-methyl/N-ethyl adjacent to an activating group) is 1. The number of nitrogens with one attached hydrogen (secondary N) is 3. The van der Waals surface area contributed by atoms with Crippen LogP contribution in [0.25, 0.3) is 0 Å². The van der Waals surface area contributed by atoms with Gasteiger partial charge in [0.15, 0.2) is 5.96 Å². The molecule has 0 aromatic heterocycles. The average Bonchev–Trinajstić information content (AvgIpc) is 3.04. The Bertz CT molecular complexity index is 1340. The number of nitrogens with zero attached hydrogens (tertiary/aromatic N) is 2. The second kappa shape index (κ2) is 20.8. The van der Waals surface area contributed by atoms with Gasteiger partial charge in [-0.25, -0.2) is 4.79 Å². The third-order valence-corrected chi connectivity index (χ3v) is 7.87. The zero-order valence-corrected chi connectivity index (χ0v) is 28.9. The van der Waals surface area contributed by atoms with Crippen molar-refractivity contribution in [2.24, 2.45) is 22.4 Å². The van der Waals surface area contributed by atoms with Gasteiger partial charge in [0.25, 0.3) is 0 Å². The third kappa shape index (κ3) is 15.0. The molecule has 0 bridgehead atoms. The topological polar surface area (TPSA) is 201 Å². The van der Waals surface area contributed by atoms with Crippen LogP contribution in [0.3, 0.4) is 0 Å². The van der Waals surface area contributed by atoms with Gasteiger partial charge >= 0.3 is 6.09 Å². The van der Waals surface area contributed by atoms with Gasteiger partial charge in [-0.3, -0.25) is 19.4 Å². The van der Waals surface area contributed by atoms with Crippen molar-refractivity contribution in [1.82, 2.24) is 20.9 Å². The molecule has 13 nitrogen and oxygen atoms in total. The van der Waals surface area contributed by atoms with Crippen LogP contribution in [-0.4, -0.2) is 84.1 Å². The van der Waals surface area contributed by atoms with Crippen molar-refractivity contribution in [2.75, 3.05) is 20.1 Å². The fourth-order valence-electron chi connectivity index (χ4n) is 4.81. The van der Waals surface area contributed by atoms with Gasteiger partial charge in [0, 0.05) is 25.2 Å². The van der Waals surface area contributed by atoms with Gasteiger partial charge in [0.1, 0.15) is 18.7 Å². The van der Waals surface area contributed by atoms with Gasteiger partial charge in [-0.2, -0.15) is 0 Å². The lowest BCUT2D eigenvalue weighted by atomic mass is 9.96. The Balaban J connectivity index is 2.01. The summed E-state index contributed by atoms with van der Waals surface area (Å²) in [6.07, 6.45) is -0.632. The zero-order valence-electron chi connectivity index (χ0n) is 28.2. The summed E-state index contributed by atoms with van der Waals surface area (Å²) in [6.45, 7) is 6.03. The van der Waals surface area contributed by atoms with E-state index in [-0.39, 0.29) is 43.8 Å². The number of aliphatic hydroxyl groups is 1. The van der Waals surface area contributed by atoms with Crippen molar-refractivity contribution < 1.29 is 29.0 Å². The van der Waals surface area contributed by atoms with E-state index < -0.39 is 42.1 Å². The number of benzene rings is 2. The molecule has 8 N–H and O–H groups in total. The number of guanidine groups is 1. The number of hydrogen-bond acceptors (Lipinski definition) is 7. The summed E-state index contributed by atoms with van der Waals surface area (Å²) < 4.78 is 5.31. The van der Waals surface area contributed by atoms with E-state index in [9.17, 15) is 24.3 Å². The van der Waals surface area contributed by atoms with Crippen molar-refractivity contribution in [3.05, 3.63) is 70.7 Å². The Labute approximate surface area is 287 Å². The fraction of sp³-hybridized carbons (Fsp3) is 0.500. The Kier molecular flexibility index (Phi) is 17.2. The smallest absolute Gasteiger partial charge is 0.408 e. The lowest BCUT2D eigenvalue weighted by molar-refractivity contribution is -0.140. The van der Waals surface area contributed by atoms with Crippen molar-refractivity contribution in [3.8, 4) is 0 Å². The molecule has 0 heterocycles. The molecule has 0 aliphatic heterocycles.